The Morgan fingerprint density at radius 1 is 1.27 bits per heavy atom. The second-order valence-corrected chi connectivity index (χ2v) is 9.21. The molecule has 3 atom stereocenters. The highest BCUT2D eigenvalue weighted by molar-refractivity contribution is 6.35. The van der Waals surface area contributed by atoms with Gasteiger partial charge in [-0.05, 0) is 49.8 Å². The molecular formula is C22H27Cl2N5O. The van der Waals surface area contributed by atoms with Crippen LogP contribution in [0.1, 0.15) is 43.0 Å². The number of piperazine rings is 1. The van der Waals surface area contributed by atoms with E-state index in [9.17, 15) is 4.79 Å². The normalized spacial score (nSPS) is 22.2. The minimum atomic E-state index is -0.634. The summed E-state index contributed by atoms with van der Waals surface area (Å²) >= 11 is 12.2. The Morgan fingerprint density at radius 3 is 2.80 bits per heavy atom. The van der Waals surface area contributed by atoms with Crippen molar-refractivity contribution in [3.8, 4) is 0 Å². The van der Waals surface area contributed by atoms with Crippen LogP contribution >= 0.6 is 23.2 Å². The van der Waals surface area contributed by atoms with Crippen molar-refractivity contribution in [2.45, 2.75) is 51.1 Å². The van der Waals surface area contributed by atoms with Gasteiger partial charge in [-0.2, -0.15) is 0 Å². The summed E-state index contributed by atoms with van der Waals surface area (Å²) in [6, 6.07) is 4.79. The van der Waals surface area contributed by atoms with Crippen LogP contribution in [0.25, 0.3) is 0 Å². The molecule has 2 aromatic rings. The third-order valence-corrected chi connectivity index (χ3v) is 6.82. The highest BCUT2D eigenvalue weighted by Gasteiger charge is 2.33. The lowest BCUT2D eigenvalue weighted by Gasteiger charge is -2.42. The van der Waals surface area contributed by atoms with Crippen molar-refractivity contribution in [2.75, 3.05) is 24.5 Å². The predicted molar refractivity (Wildman–Crippen MR) is 120 cm³/mol. The molecule has 0 spiro atoms. The van der Waals surface area contributed by atoms with Crippen LogP contribution in [0, 0.1) is 0 Å². The fourth-order valence-electron chi connectivity index (χ4n) is 4.57. The van der Waals surface area contributed by atoms with Gasteiger partial charge in [0.1, 0.15) is 12.1 Å². The number of hydrogen-bond acceptors (Lipinski definition) is 5. The number of nitrogens with two attached hydrogens (primary N) is 1. The largest absolute Gasteiger partial charge is 0.350 e. The fourth-order valence-corrected chi connectivity index (χ4v) is 5.06. The van der Waals surface area contributed by atoms with Crippen LogP contribution in [-0.2, 0) is 17.6 Å². The first-order valence-corrected chi connectivity index (χ1v) is 11.2. The number of nitrogens with zero attached hydrogens (tertiary/aromatic N) is 4. The first-order valence-electron chi connectivity index (χ1n) is 10.4. The Labute approximate surface area is 187 Å². The Balaban J connectivity index is 1.43. The second kappa shape index (κ2) is 8.69. The summed E-state index contributed by atoms with van der Waals surface area (Å²) in [7, 11) is 0. The molecule has 4 rings (SSSR count). The van der Waals surface area contributed by atoms with Crippen LogP contribution in [0.4, 0.5) is 5.82 Å². The van der Waals surface area contributed by atoms with Crippen molar-refractivity contribution in [1.29, 1.82) is 0 Å². The number of hydrogen-bond donors (Lipinski definition) is 1. The molecule has 2 heterocycles. The van der Waals surface area contributed by atoms with E-state index in [1.165, 1.54) is 11.3 Å². The summed E-state index contributed by atoms with van der Waals surface area (Å²) in [5.74, 6) is 1.45. The molecule has 1 amide bonds. The van der Waals surface area contributed by atoms with E-state index >= 15 is 0 Å². The van der Waals surface area contributed by atoms with Crippen LogP contribution in [0.5, 0.6) is 0 Å². The smallest absolute Gasteiger partial charge is 0.239 e. The fraction of sp³-hybridized carbons (Fsp3) is 0.500. The molecule has 1 aromatic carbocycles. The summed E-state index contributed by atoms with van der Waals surface area (Å²) in [5, 5.41) is 1.11. The molecule has 1 aliphatic carbocycles. The minimum Gasteiger partial charge on any atom is -0.350 e. The van der Waals surface area contributed by atoms with E-state index in [-0.39, 0.29) is 11.9 Å². The van der Waals surface area contributed by atoms with Gasteiger partial charge in [0.05, 0.1) is 6.04 Å². The molecule has 2 N–H and O–H groups in total. The van der Waals surface area contributed by atoms with Crippen LogP contribution in [0.3, 0.4) is 0 Å². The molecule has 6 nitrogen and oxygen atoms in total. The zero-order valence-corrected chi connectivity index (χ0v) is 18.8. The number of amides is 1. The van der Waals surface area contributed by atoms with E-state index in [0.29, 0.717) is 35.5 Å². The highest BCUT2D eigenvalue weighted by Crippen LogP contribution is 2.38. The maximum absolute atomic E-state index is 13.0. The number of halogens is 2. The van der Waals surface area contributed by atoms with E-state index in [4.69, 9.17) is 28.9 Å². The van der Waals surface area contributed by atoms with Crippen molar-refractivity contribution in [3.63, 3.8) is 0 Å². The van der Waals surface area contributed by atoms with Crippen molar-refractivity contribution < 1.29 is 4.79 Å². The van der Waals surface area contributed by atoms with Gasteiger partial charge in [-0.1, -0.05) is 36.2 Å². The molecule has 1 fully saturated rings. The Hall–Kier alpha value is -1.89. The van der Waals surface area contributed by atoms with Gasteiger partial charge in [-0.3, -0.25) is 4.79 Å². The first kappa shape index (κ1) is 21.3. The maximum atomic E-state index is 13.0. The lowest BCUT2D eigenvalue weighted by atomic mass is 10.0. The van der Waals surface area contributed by atoms with Gasteiger partial charge < -0.3 is 15.5 Å². The quantitative estimate of drug-likeness (QED) is 0.776. The van der Waals surface area contributed by atoms with Gasteiger partial charge in [-0.25, -0.2) is 9.97 Å². The minimum absolute atomic E-state index is 0.0474. The molecule has 1 saturated heterocycles. The van der Waals surface area contributed by atoms with Gasteiger partial charge in [0, 0.05) is 47.0 Å². The number of rotatable bonds is 4. The van der Waals surface area contributed by atoms with E-state index in [1.54, 1.807) is 18.5 Å². The number of anilines is 1. The average molecular weight is 448 g/mol. The third kappa shape index (κ3) is 4.13. The van der Waals surface area contributed by atoms with E-state index in [2.05, 4.69) is 28.7 Å². The summed E-state index contributed by atoms with van der Waals surface area (Å²) < 4.78 is 0. The molecule has 1 aromatic heterocycles. The SMILES string of the molecule is C[C@@H]1CCc2ncnc(N3CCN(C(=O)[C@H](N)Cc4ccc(Cl)cc4Cl)C[C@@H]3C)c21. The molecule has 8 heteroatoms. The van der Waals surface area contributed by atoms with Crippen LogP contribution in [0.15, 0.2) is 24.5 Å². The highest BCUT2D eigenvalue weighted by atomic mass is 35.5. The van der Waals surface area contributed by atoms with Crippen LogP contribution < -0.4 is 10.6 Å². The Bertz CT molecular complexity index is 953. The number of carbonyl (C=O) groups is 1. The standard InChI is InChI=1S/C22H27Cl2N5O/c1-13-3-6-19-20(13)21(27-12-26-19)29-8-7-28(11-14(29)2)22(30)18(25)9-15-4-5-16(23)10-17(15)24/h4-5,10,12-14,18H,3,6-9,11,25H2,1-2H3/t13-,14+,18-/m1/s1. The molecule has 30 heavy (non-hydrogen) atoms. The van der Waals surface area contributed by atoms with Crippen molar-refractivity contribution >= 4 is 34.9 Å². The lowest BCUT2D eigenvalue weighted by Crippen LogP contribution is -2.57. The molecule has 0 radical (unpaired) electrons. The van der Waals surface area contributed by atoms with Crippen molar-refractivity contribution in [1.82, 2.24) is 14.9 Å². The van der Waals surface area contributed by atoms with Gasteiger partial charge in [-0.15, -0.1) is 0 Å². The van der Waals surface area contributed by atoms with Gasteiger partial charge >= 0.3 is 0 Å². The topological polar surface area (TPSA) is 75.4 Å². The van der Waals surface area contributed by atoms with Gasteiger partial charge in [0.2, 0.25) is 5.91 Å². The first-order chi connectivity index (χ1) is 14.3. The number of aryl methyl sites for hydroxylation is 1. The molecule has 0 unspecified atom stereocenters. The number of aromatic nitrogens is 2. The molecule has 0 bridgehead atoms. The number of carbonyl (C=O) groups excluding carboxylic acids is 1. The summed E-state index contributed by atoms with van der Waals surface area (Å²) in [6.45, 7) is 6.35. The Kier molecular flexibility index (Phi) is 6.19. The molecular weight excluding hydrogens is 421 g/mol. The number of benzene rings is 1. The average Bonchev–Trinajstić information content (AvgIpc) is 3.10. The van der Waals surface area contributed by atoms with E-state index in [1.807, 2.05) is 11.0 Å². The molecule has 160 valence electrons. The zero-order chi connectivity index (χ0) is 21.4. The third-order valence-electron chi connectivity index (χ3n) is 6.24. The number of fused-ring (bicyclic) bond motifs is 1. The predicted octanol–water partition coefficient (Wildman–Crippen LogP) is 3.44. The molecule has 2 aliphatic rings. The van der Waals surface area contributed by atoms with Gasteiger partial charge in [0.25, 0.3) is 0 Å². The Morgan fingerprint density at radius 2 is 2.07 bits per heavy atom. The van der Waals surface area contributed by atoms with E-state index in [0.717, 1.165) is 30.8 Å². The van der Waals surface area contributed by atoms with Crippen molar-refractivity contribution in [3.05, 3.63) is 51.4 Å². The second-order valence-electron chi connectivity index (χ2n) is 8.37. The molecule has 0 saturated carbocycles. The maximum Gasteiger partial charge on any atom is 0.239 e. The molecule has 1 aliphatic heterocycles. The summed E-state index contributed by atoms with van der Waals surface area (Å²) in [6.07, 6.45) is 4.19. The lowest BCUT2D eigenvalue weighted by molar-refractivity contribution is -0.133. The van der Waals surface area contributed by atoms with E-state index < -0.39 is 6.04 Å². The van der Waals surface area contributed by atoms with Crippen molar-refractivity contribution in [2.24, 2.45) is 5.73 Å². The monoisotopic (exact) mass is 447 g/mol. The van der Waals surface area contributed by atoms with Crippen LogP contribution in [-0.4, -0.2) is 52.5 Å². The van der Waals surface area contributed by atoms with Gasteiger partial charge in [0.15, 0.2) is 0 Å². The summed E-state index contributed by atoms with van der Waals surface area (Å²) in [4.78, 5) is 26.3. The summed E-state index contributed by atoms with van der Waals surface area (Å²) in [5.41, 5.74) is 9.53. The van der Waals surface area contributed by atoms with Crippen LogP contribution in [0.2, 0.25) is 10.0 Å². The zero-order valence-electron chi connectivity index (χ0n) is 17.3.